The third-order valence-corrected chi connectivity index (χ3v) is 5.56. The maximum atomic E-state index is 12.4. The van der Waals surface area contributed by atoms with E-state index in [2.05, 4.69) is 29.1 Å². The molecule has 5 heteroatoms. The molecule has 0 spiro atoms. The van der Waals surface area contributed by atoms with Crippen molar-refractivity contribution in [1.82, 2.24) is 15.3 Å². The zero-order valence-electron chi connectivity index (χ0n) is 13.7. The Labute approximate surface area is 141 Å². The fraction of sp³-hybridized carbons (Fsp3) is 0.500. The van der Waals surface area contributed by atoms with Crippen molar-refractivity contribution in [2.24, 2.45) is 5.92 Å². The van der Waals surface area contributed by atoms with E-state index in [9.17, 15) is 4.79 Å². The van der Waals surface area contributed by atoms with Crippen LogP contribution in [0.4, 0.5) is 0 Å². The number of carbonyl (C=O) groups excluding carboxylic acids is 1. The molecule has 0 unspecified atom stereocenters. The van der Waals surface area contributed by atoms with Crippen molar-refractivity contribution in [2.45, 2.75) is 51.5 Å². The van der Waals surface area contributed by atoms with Gasteiger partial charge in [-0.2, -0.15) is 0 Å². The maximum absolute atomic E-state index is 12.4. The molecule has 4 nitrogen and oxygen atoms in total. The van der Waals surface area contributed by atoms with Crippen molar-refractivity contribution >= 4 is 17.2 Å². The van der Waals surface area contributed by atoms with Crippen LogP contribution < -0.4 is 5.32 Å². The van der Waals surface area contributed by atoms with E-state index < -0.39 is 0 Å². The summed E-state index contributed by atoms with van der Waals surface area (Å²) in [7, 11) is 0. The minimum atomic E-state index is -0.0498. The van der Waals surface area contributed by atoms with Crippen LogP contribution in [0.15, 0.2) is 29.9 Å². The first kappa shape index (κ1) is 16.1. The van der Waals surface area contributed by atoms with Crippen LogP contribution in [0.25, 0.3) is 10.6 Å². The molecule has 1 amide bonds. The standard InChI is InChI=1S/C18H23N3OS/c1-13-5-7-18(2,8-6-13)21-16(22)10-15-12-23-17(20-15)14-4-3-9-19-11-14/h3-4,9,11-13H,5-8,10H2,1-2H3,(H,21,22). The van der Waals surface area contributed by atoms with E-state index in [1.165, 1.54) is 12.8 Å². The van der Waals surface area contributed by atoms with E-state index >= 15 is 0 Å². The Bertz CT molecular complexity index is 660. The van der Waals surface area contributed by atoms with Crippen LogP contribution in [0.1, 0.15) is 45.2 Å². The average Bonchev–Trinajstić information content (AvgIpc) is 2.99. The molecule has 0 radical (unpaired) electrons. The molecule has 0 atom stereocenters. The number of nitrogens with one attached hydrogen (secondary N) is 1. The second-order valence-electron chi connectivity index (χ2n) is 6.85. The fourth-order valence-corrected chi connectivity index (χ4v) is 3.89. The van der Waals surface area contributed by atoms with Gasteiger partial charge in [0, 0.05) is 28.9 Å². The number of rotatable bonds is 4. The molecule has 2 heterocycles. The van der Waals surface area contributed by atoms with Crippen molar-refractivity contribution in [3.05, 3.63) is 35.6 Å². The molecular formula is C18H23N3OS. The van der Waals surface area contributed by atoms with Crippen LogP contribution in [0, 0.1) is 5.92 Å². The summed E-state index contributed by atoms with van der Waals surface area (Å²) in [4.78, 5) is 21.0. The summed E-state index contributed by atoms with van der Waals surface area (Å²) in [6.07, 6.45) is 8.42. The number of hydrogen-bond donors (Lipinski definition) is 1. The molecule has 23 heavy (non-hydrogen) atoms. The summed E-state index contributed by atoms with van der Waals surface area (Å²) in [5.41, 5.74) is 1.78. The van der Waals surface area contributed by atoms with Gasteiger partial charge in [-0.05, 0) is 50.7 Å². The van der Waals surface area contributed by atoms with Gasteiger partial charge in [0.2, 0.25) is 5.91 Å². The van der Waals surface area contributed by atoms with Crippen molar-refractivity contribution in [2.75, 3.05) is 0 Å². The van der Waals surface area contributed by atoms with Gasteiger partial charge in [-0.15, -0.1) is 11.3 Å². The van der Waals surface area contributed by atoms with E-state index in [4.69, 9.17) is 0 Å². The average molecular weight is 329 g/mol. The summed E-state index contributed by atoms with van der Waals surface area (Å²) in [6.45, 7) is 4.45. The second-order valence-corrected chi connectivity index (χ2v) is 7.71. The molecule has 0 saturated heterocycles. The summed E-state index contributed by atoms with van der Waals surface area (Å²) in [6, 6.07) is 3.88. The zero-order valence-corrected chi connectivity index (χ0v) is 14.5. The highest BCUT2D eigenvalue weighted by Gasteiger charge is 2.30. The van der Waals surface area contributed by atoms with E-state index in [-0.39, 0.29) is 11.4 Å². The Morgan fingerprint density at radius 3 is 2.91 bits per heavy atom. The molecule has 0 aromatic carbocycles. The highest BCUT2D eigenvalue weighted by Crippen LogP contribution is 2.31. The summed E-state index contributed by atoms with van der Waals surface area (Å²) >= 11 is 1.56. The van der Waals surface area contributed by atoms with Crippen molar-refractivity contribution in [1.29, 1.82) is 0 Å². The van der Waals surface area contributed by atoms with Gasteiger partial charge in [0.15, 0.2) is 0 Å². The molecule has 1 aliphatic rings. The lowest BCUT2D eigenvalue weighted by Crippen LogP contribution is -2.48. The topological polar surface area (TPSA) is 54.9 Å². The number of pyridine rings is 1. The smallest absolute Gasteiger partial charge is 0.226 e. The number of aromatic nitrogens is 2. The minimum absolute atomic E-state index is 0.0498. The quantitative estimate of drug-likeness (QED) is 0.927. The lowest BCUT2D eigenvalue weighted by Gasteiger charge is -2.37. The first-order valence-corrected chi connectivity index (χ1v) is 9.08. The third-order valence-electron chi connectivity index (χ3n) is 4.62. The predicted octanol–water partition coefficient (Wildman–Crippen LogP) is 3.83. The van der Waals surface area contributed by atoms with Crippen LogP contribution in [0.3, 0.4) is 0 Å². The predicted molar refractivity (Wildman–Crippen MR) is 93.2 cm³/mol. The van der Waals surface area contributed by atoms with Crippen LogP contribution in [0.5, 0.6) is 0 Å². The van der Waals surface area contributed by atoms with Crippen LogP contribution in [-0.4, -0.2) is 21.4 Å². The highest BCUT2D eigenvalue weighted by molar-refractivity contribution is 7.13. The van der Waals surface area contributed by atoms with Gasteiger partial charge < -0.3 is 5.32 Å². The fourth-order valence-electron chi connectivity index (χ4n) is 3.08. The monoisotopic (exact) mass is 329 g/mol. The van der Waals surface area contributed by atoms with Gasteiger partial charge in [-0.25, -0.2) is 4.98 Å². The van der Waals surface area contributed by atoms with Gasteiger partial charge in [0.25, 0.3) is 0 Å². The van der Waals surface area contributed by atoms with E-state index in [0.717, 1.165) is 35.0 Å². The largest absolute Gasteiger partial charge is 0.351 e. The first-order chi connectivity index (χ1) is 11.0. The van der Waals surface area contributed by atoms with Gasteiger partial charge >= 0.3 is 0 Å². The molecule has 3 rings (SSSR count). The van der Waals surface area contributed by atoms with E-state index in [1.54, 1.807) is 23.7 Å². The molecule has 1 aliphatic carbocycles. The Kier molecular flexibility index (Phi) is 4.76. The Morgan fingerprint density at radius 2 is 2.22 bits per heavy atom. The normalized spacial score (nSPS) is 24.3. The SMILES string of the molecule is CC1CCC(C)(NC(=O)Cc2csc(-c3cccnc3)n2)CC1. The lowest BCUT2D eigenvalue weighted by atomic mass is 9.78. The van der Waals surface area contributed by atoms with Crippen molar-refractivity contribution < 1.29 is 4.79 Å². The Morgan fingerprint density at radius 1 is 1.43 bits per heavy atom. The van der Waals surface area contributed by atoms with Crippen LogP contribution in [-0.2, 0) is 11.2 Å². The second kappa shape index (κ2) is 6.79. The number of hydrogen-bond acceptors (Lipinski definition) is 4. The highest BCUT2D eigenvalue weighted by atomic mass is 32.1. The molecular weight excluding hydrogens is 306 g/mol. The molecule has 0 aliphatic heterocycles. The molecule has 1 fully saturated rings. The molecule has 2 aromatic rings. The van der Waals surface area contributed by atoms with Crippen molar-refractivity contribution in [3.63, 3.8) is 0 Å². The maximum Gasteiger partial charge on any atom is 0.226 e. The van der Waals surface area contributed by atoms with Crippen LogP contribution in [0.2, 0.25) is 0 Å². The van der Waals surface area contributed by atoms with E-state index in [1.807, 2.05) is 17.5 Å². The number of amides is 1. The zero-order chi connectivity index (χ0) is 16.3. The number of thiazole rings is 1. The van der Waals surface area contributed by atoms with Gasteiger partial charge in [-0.1, -0.05) is 6.92 Å². The molecule has 1 N–H and O–H groups in total. The number of carbonyl (C=O) groups is 1. The third kappa shape index (κ3) is 4.16. The lowest BCUT2D eigenvalue weighted by molar-refractivity contribution is -0.122. The Balaban J connectivity index is 1.59. The van der Waals surface area contributed by atoms with Gasteiger partial charge in [0.05, 0.1) is 12.1 Å². The minimum Gasteiger partial charge on any atom is -0.351 e. The van der Waals surface area contributed by atoms with Gasteiger partial charge in [-0.3, -0.25) is 9.78 Å². The van der Waals surface area contributed by atoms with Crippen LogP contribution >= 0.6 is 11.3 Å². The first-order valence-electron chi connectivity index (χ1n) is 8.20. The molecule has 0 bridgehead atoms. The Hall–Kier alpha value is -1.75. The van der Waals surface area contributed by atoms with E-state index in [0.29, 0.717) is 6.42 Å². The van der Waals surface area contributed by atoms with Gasteiger partial charge in [0.1, 0.15) is 5.01 Å². The van der Waals surface area contributed by atoms with Crippen molar-refractivity contribution in [3.8, 4) is 10.6 Å². The molecule has 1 saturated carbocycles. The number of nitrogens with zero attached hydrogens (tertiary/aromatic N) is 2. The summed E-state index contributed by atoms with van der Waals surface area (Å²) in [5, 5.41) is 6.11. The molecule has 2 aromatic heterocycles. The summed E-state index contributed by atoms with van der Waals surface area (Å²) < 4.78 is 0. The molecule has 122 valence electrons. The summed E-state index contributed by atoms with van der Waals surface area (Å²) in [5.74, 6) is 0.852.